The summed E-state index contributed by atoms with van der Waals surface area (Å²) < 4.78 is 18.1. The number of anilines is 2. The molecule has 15 heavy (non-hydrogen) atoms. The van der Waals surface area contributed by atoms with Gasteiger partial charge in [0.2, 0.25) is 0 Å². The molecule has 1 unspecified atom stereocenters. The summed E-state index contributed by atoms with van der Waals surface area (Å²) in [6.45, 7) is 1.74. The van der Waals surface area contributed by atoms with Crippen molar-refractivity contribution in [3.63, 3.8) is 0 Å². The monoisotopic (exact) mass is 210 g/mol. The van der Waals surface area contributed by atoms with E-state index in [1.807, 2.05) is 0 Å². The Bertz CT molecular complexity index is 356. The van der Waals surface area contributed by atoms with Gasteiger partial charge in [-0.1, -0.05) is 0 Å². The van der Waals surface area contributed by atoms with E-state index in [1.165, 1.54) is 12.1 Å². The highest BCUT2D eigenvalue weighted by atomic mass is 19.1. The van der Waals surface area contributed by atoms with Gasteiger partial charge in [-0.05, 0) is 24.6 Å². The maximum absolute atomic E-state index is 12.9. The highest BCUT2D eigenvalue weighted by molar-refractivity contribution is 5.67. The lowest BCUT2D eigenvalue weighted by Crippen LogP contribution is -2.23. The van der Waals surface area contributed by atoms with Gasteiger partial charge in [0.1, 0.15) is 5.82 Å². The second kappa shape index (κ2) is 4.06. The van der Waals surface area contributed by atoms with Crippen LogP contribution in [0.3, 0.4) is 0 Å². The minimum absolute atomic E-state index is 0.259. The van der Waals surface area contributed by atoms with Gasteiger partial charge in [0.25, 0.3) is 0 Å². The Morgan fingerprint density at radius 1 is 1.53 bits per heavy atom. The average Bonchev–Trinajstić information content (AvgIpc) is 2.66. The van der Waals surface area contributed by atoms with Crippen LogP contribution in [-0.4, -0.2) is 26.3 Å². The van der Waals surface area contributed by atoms with E-state index >= 15 is 0 Å². The van der Waals surface area contributed by atoms with E-state index in [4.69, 9.17) is 10.5 Å². The maximum Gasteiger partial charge on any atom is 0.125 e. The minimum atomic E-state index is -0.293. The zero-order chi connectivity index (χ0) is 10.8. The van der Waals surface area contributed by atoms with Crippen LogP contribution in [0.4, 0.5) is 15.8 Å². The van der Waals surface area contributed by atoms with E-state index in [2.05, 4.69) is 4.90 Å². The SMILES string of the molecule is COC1CCN(c2ccc(F)cc2N)C1. The summed E-state index contributed by atoms with van der Waals surface area (Å²) in [5, 5.41) is 0. The Hall–Kier alpha value is -1.29. The molecule has 0 bridgehead atoms. The highest BCUT2D eigenvalue weighted by Crippen LogP contribution is 2.27. The van der Waals surface area contributed by atoms with Crippen molar-refractivity contribution in [1.82, 2.24) is 0 Å². The summed E-state index contributed by atoms with van der Waals surface area (Å²) in [6.07, 6.45) is 1.25. The zero-order valence-corrected chi connectivity index (χ0v) is 8.74. The van der Waals surface area contributed by atoms with Crippen LogP contribution in [0, 0.1) is 5.82 Å². The molecule has 1 fully saturated rings. The van der Waals surface area contributed by atoms with Crippen LogP contribution in [0.15, 0.2) is 18.2 Å². The lowest BCUT2D eigenvalue weighted by molar-refractivity contribution is 0.121. The minimum Gasteiger partial charge on any atom is -0.397 e. The largest absolute Gasteiger partial charge is 0.397 e. The Labute approximate surface area is 88.6 Å². The third-order valence-corrected chi connectivity index (χ3v) is 2.81. The van der Waals surface area contributed by atoms with E-state index in [-0.39, 0.29) is 11.9 Å². The van der Waals surface area contributed by atoms with Crippen LogP contribution >= 0.6 is 0 Å². The van der Waals surface area contributed by atoms with Gasteiger partial charge in [0.15, 0.2) is 0 Å². The number of rotatable bonds is 2. The topological polar surface area (TPSA) is 38.5 Å². The number of nitrogens with zero attached hydrogens (tertiary/aromatic N) is 1. The van der Waals surface area contributed by atoms with E-state index in [9.17, 15) is 4.39 Å². The summed E-state index contributed by atoms with van der Waals surface area (Å²) >= 11 is 0. The molecule has 1 aromatic rings. The lowest BCUT2D eigenvalue weighted by atomic mass is 10.2. The zero-order valence-electron chi connectivity index (χ0n) is 8.74. The number of nitrogens with two attached hydrogens (primary N) is 1. The van der Waals surface area contributed by atoms with Gasteiger partial charge in [-0.3, -0.25) is 0 Å². The maximum atomic E-state index is 12.9. The van der Waals surface area contributed by atoms with Crippen molar-refractivity contribution in [3.05, 3.63) is 24.0 Å². The first kappa shape index (κ1) is 10.2. The number of nitrogen functional groups attached to an aromatic ring is 1. The van der Waals surface area contributed by atoms with Gasteiger partial charge in [-0.15, -0.1) is 0 Å². The van der Waals surface area contributed by atoms with Crippen molar-refractivity contribution >= 4 is 11.4 Å². The third-order valence-electron chi connectivity index (χ3n) is 2.81. The number of methoxy groups -OCH3 is 1. The van der Waals surface area contributed by atoms with Crippen LogP contribution in [0.25, 0.3) is 0 Å². The fourth-order valence-corrected chi connectivity index (χ4v) is 1.95. The van der Waals surface area contributed by atoms with Gasteiger partial charge < -0.3 is 15.4 Å². The Morgan fingerprint density at radius 2 is 2.33 bits per heavy atom. The second-order valence-corrected chi connectivity index (χ2v) is 3.80. The van der Waals surface area contributed by atoms with Gasteiger partial charge >= 0.3 is 0 Å². The quantitative estimate of drug-likeness (QED) is 0.754. The van der Waals surface area contributed by atoms with Crippen molar-refractivity contribution in [2.75, 3.05) is 30.8 Å². The normalized spacial score (nSPS) is 20.9. The molecule has 1 saturated heterocycles. The van der Waals surface area contributed by atoms with Crippen LogP contribution in [0.1, 0.15) is 6.42 Å². The number of hydrogen-bond acceptors (Lipinski definition) is 3. The molecule has 1 heterocycles. The predicted molar refractivity (Wildman–Crippen MR) is 58.4 cm³/mol. The van der Waals surface area contributed by atoms with E-state index in [0.717, 1.165) is 25.2 Å². The molecule has 1 aromatic carbocycles. The Balaban J connectivity index is 2.17. The van der Waals surface area contributed by atoms with Crippen molar-refractivity contribution < 1.29 is 9.13 Å². The molecule has 0 radical (unpaired) electrons. The molecule has 0 amide bonds. The molecule has 1 aliphatic rings. The standard InChI is InChI=1S/C11H15FN2O/c1-15-9-4-5-14(7-9)11-3-2-8(12)6-10(11)13/h2-3,6,9H,4-5,7,13H2,1H3. The predicted octanol–water partition coefficient (Wildman–Crippen LogP) is 1.63. The summed E-state index contributed by atoms with van der Waals surface area (Å²) in [5.41, 5.74) is 7.16. The van der Waals surface area contributed by atoms with Gasteiger partial charge in [-0.25, -0.2) is 4.39 Å². The number of hydrogen-bond donors (Lipinski definition) is 1. The van der Waals surface area contributed by atoms with Crippen molar-refractivity contribution in [2.24, 2.45) is 0 Å². The van der Waals surface area contributed by atoms with Crippen LogP contribution in [0.5, 0.6) is 0 Å². The molecule has 1 atom stereocenters. The van der Waals surface area contributed by atoms with Crippen molar-refractivity contribution in [3.8, 4) is 0 Å². The number of ether oxygens (including phenoxy) is 1. The third kappa shape index (κ3) is 2.04. The summed E-state index contributed by atoms with van der Waals surface area (Å²) in [6, 6.07) is 4.52. The first-order valence-corrected chi connectivity index (χ1v) is 5.03. The molecule has 82 valence electrons. The molecule has 0 saturated carbocycles. The van der Waals surface area contributed by atoms with Crippen LogP contribution in [0.2, 0.25) is 0 Å². The summed E-state index contributed by atoms with van der Waals surface area (Å²) in [4.78, 5) is 2.13. The molecular weight excluding hydrogens is 195 g/mol. The van der Waals surface area contributed by atoms with Crippen molar-refractivity contribution in [1.29, 1.82) is 0 Å². The van der Waals surface area contributed by atoms with Gasteiger partial charge in [-0.2, -0.15) is 0 Å². The molecule has 3 nitrogen and oxygen atoms in total. The Morgan fingerprint density at radius 3 is 2.93 bits per heavy atom. The fourth-order valence-electron chi connectivity index (χ4n) is 1.95. The molecule has 2 rings (SSSR count). The lowest BCUT2D eigenvalue weighted by Gasteiger charge is -2.20. The Kier molecular flexibility index (Phi) is 2.77. The molecule has 0 aliphatic carbocycles. The van der Waals surface area contributed by atoms with E-state index in [0.29, 0.717) is 5.69 Å². The second-order valence-electron chi connectivity index (χ2n) is 3.80. The molecule has 0 spiro atoms. The van der Waals surface area contributed by atoms with E-state index in [1.54, 1.807) is 13.2 Å². The molecule has 4 heteroatoms. The first-order chi connectivity index (χ1) is 7.20. The van der Waals surface area contributed by atoms with Crippen molar-refractivity contribution in [2.45, 2.75) is 12.5 Å². The number of halogens is 1. The van der Waals surface area contributed by atoms with Gasteiger partial charge in [0, 0.05) is 20.2 Å². The molecule has 1 aliphatic heterocycles. The molecule has 2 N–H and O–H groups in total. The summed E-state index contributed by atoms with van der Waals surface area (Å²) in [7, 11) is 1.71. The smallest absolute Gasteiger partial charge is 0.125 e. The highest BCUT2D eigenvalue weighted by Gasteiger charge is 2.23. The van der Waals surface area contributed by atoms with Crippen LogP contribution in [-0.2, 0) is 4.74 Å². The van der Waals surface area contributed by atoms with E-state index < -0.39 is 0 Å². The average molecular weight is 210 g/mol. The number of benzene rings is 1. The molecular formula is C11H15FN2O. The van der Waals surface area contributed by atoms with Crippen LogP contribution < -0.4 is 10.6 Å². The van der Waals surface area contributed by atoms with Gasteiger partial charge in [0.05, 0.1) is 17.5 Å². The molecule has 0 aromatic heterocycles. The fraction of sp³-hybridized carbons (Fsp3) is 0.455. The summed E-state index contributed by atoms with van der Waals surface area (Å²) in [5.74, 6) is -0.293. The first-order valence-electron chi connectivity index (χ1n) is 5.03.